The molecule has 0 aromatic heterocycles. The van der Waals surface area contributed by atoms with Gasteiger partial charge < -0.3 is 15.4 Å². The molecule has 35 heavy (non-hydrogen) atoms. The van der Waals surface area contributed by atoms with Crippen LogP contribution in [0.25, 0.3) is 6.08 Å². The Bertz CT molecular complexity index is 1320. The number of ether oxygens (including phenoxy) is 1. The molecule has 1 heterocycles. The van der Waals surface area contributed by atoms with Crippen LogP contribution in [0.5, 0.6) is 5.75 Å². The number of urea groups is 1. The van der Waals surface area contributed by atoms with Crippen molar-refractivity contribution in [2.45, 2.75) is 13.5 Å². The van der Waals surface area contributed by atoms with Crippen molar-refractivity contribution >= 4 is 41.2 Å². The Morgan fingerprint density at radius 1 is 1.11 bits per heavy atom. The second-order valence-electron chi connectivity index (χ2n) is 7.86. The first-order chi connectivity index (χ1) is 16.8. The summed E-state index contributed by atoms with van der Waals surface area (Å²) in [5.41, 5.74) is 2.53. The van der Waals surface area contributed by atoms with E-state index >= 15 is 0 Å². The summed E-state index contributed by atoms with van der Waals surface area (Å²) in [6.07, 6.45) is 1.46. The number of hydrogen-bond acceptors (Lipinski definition) is 4. The van der Waals surface area contributed by atoms with Gasteiger partial charge in [-0.25, -0.2) is 9.18 Å². The topological polar surface area (TPSA) is 87.7 Å². The van der Waals surface area contributed by atoms with Crippen molar-refractivity contribution < 1.29 is 23.5 Å². The predicted octanol–water partition coefficient (Wildman–Crippen LogP) is 4.90. The van der Waals surface area contributed by atoms with Crippen LogP contribution in [0.15, 0.2) is 72.4 Å². The zero-order valence-electron chi connectivity index (χ0n) is 18.7. The first kappa shape index (κ1) is 24.0. The number of rotatable bonds is 7. The fraction of sp³-hybridized carbons (Fsp3) is 0.115. The van der Waals surface area contributed by atoms with Crippen LogP contribution in [0.1, 0.15) is 16.7 Å². The van der Waals surface area contributed by atoms with Crippen molar-refractivity contribution in [1.82, 2.24) is 10.2 Å². The first-order valence-corrected chi connectivity index (χ1v) is 11.0. The zero-order valence-corrected chi connectivity index (χ0v) is 19.4. The molecule has 178 valence electrons. The maximum absolute atomic E-state index is 13.9. The van der Waals surface area contributed by atoms with Gasteiger partial charge in [0.05, 0.1) is 11.6 Å². The lowest BCUT2D eigenvalue weighted by molar-refractivity contribution is -0.123. The van der Waals surface area contributed by atoms with Crippen LogP contribution in [-0.2, 0) is 16.1 Å². The summed E-state index contributed by atoms with van der Waals surface area (Å²) in [5.74, 6) is -1.14. The summed E-state index contributed by atoms with van der Waals surface area (Å²) in [5, 5.41) is 5.45. The van der Waals surface area contributed by atoms with Crippen molar-refractivity contribution in [3.63, 3.8) is 0 Å². The summed E-state index contributed by atoms with van der Waals surface area (Å²) in [4.78, 5) is 38.0. The van der Waals surface area contributed by atoms with Crippen molar-refractivity contribution in [2.24, 2.45) is 0 Å². The molecule has 0 saturated carbocycles. The molecule has 4 amide bonds. The van der Waals surface area contributed by atoms with E-state index in [0.717, 1.165) is 10.5 Å². The lowest BCUT2D eigenvalue weighted by atomic mass is 10.1. The van der Waals surface area contributed by atoms with Gasteiger partial charge in [0.1, 0.15) is 17.3 Å². The number of nitrogens with one attached hydrogen (secondary N) is 2. The molecule has 0 unspecified atom stereocenters. The highest BCUT2D eigenvalue weighted by Gasteiger charge is 2.34. The molecule has 9 heteroatoms. The van der Waals surface area contributed by atoms with Crippen LogP contribution in [-0.4, -0.2) is 29.4 Å². The minimum absolute atomic E-state index is 0.0357. The third-order valence-corrected chi connectivity index (χ3v) is 5.51. The zero-order chi connectivity index (χ0) is 24.9. The molecule has 0 aliphatic carbocycles. The minimum Gasteiger partial charge on any atom is -0.482 e. The van der Waals surface area contributed by atoms with E-state index < -0.39 is 17.8 Å². The van der Waals surface area contributed by atoms with Crippen LogP contribution in [0.3, 0.4) is 0 Å². The Hall–Kier alpha value is -4.17. The Balaban J connectivity index is 1.39. The van der Waals surface area contributed by atoms with Gasteiger partial charge in [0.15, 0.2) is 6.61 Å². The van der Waals surface area contributed by atoms with E-state index in [-0.39, 0.29) is 41.1 Å². The number of amides is 4. The van der Waals surface area contributed by atoms with Gasteiger partial charge in [-0.05, 0) is 48.9 Å². The van der Waals surface area contributed by atoms with Gasteiger partial charge in [-0.15, -0.1) is 0 Å². The van der Waals surface area contributed by atoms with Crippen LogP contribution < -0.4 is 15.4 Å². The standard InChI is InChI=1S/C26H21ClFN3O4/c1-16-6-9-19(10-7-16)29-24(32)15-35-23-11-8-17(12-20(23)27)13-22-25(33)31(26(34)30-22)14-18-4-2-3-5-21(18)28/h2-13H,14-15H2,1H3,(H,29,32)(H,30,34)/b22-13+. The first-order valence-electron chi connectivity index (χ1n) is 10.7. The maximum atomic E-state index is 13.9. The van der Waals surface area contributed by atoms with Gasteiger partial charge in [-0.2, -0.15) is 0 Å². The molecule has 0 bridgehead atoms. The number of halogens is 2. The molecule has 3 aromatic carbocycles. The van der Waals surface area contributed by atoms with E-state index in [4.69, 9.17) is 16.3 Å². The van der Waals surface area contributed by atoms with Crippen molar-refractivity contribution in [1.29, 1.82) is 0 Å². The van der Waals surface area contributed by atoms with Crippen molar-refractivity contribution in [2.75, 3.05) is 11.9 Å². The lowest BCUT2D eigenvalue weighted by Gasteiger charge is -2.12. The second-order valence-corrected chi connectivity index (χ2v) is 8.27. The van der Waals surface area contributed by atoms with Gasteiger partial charge in [0.2, 0.25) is 0 Å². The summed E-state index contributed by atoms with van der Waals surface area (Å²) >= 11 is 6.28. The third kappa shape index (κ3) is 5.85. The molecule has 1 saturated heterocycles. The highest BCUT2D eigenvalue weighted by molar-refractivity contribution is 6.32. The normalized spacial score (nSPS) is 14.3. The van der Waals surface area contributed by atoms with Crippen LogP contribution in [0, 0.1) is 12.7 Å². The van der Waals surface area contributed by atoms with Crippen molar-refractivity contribution in [3.8, 4) is 5.75 Å². The fourth-order valence-electron chi connectivity index (χ4n) is 3.38. The highest BCUT2D eigenvalue weighted by atomic mass is 35.5. The number of hydrogen-bond donors (Lipinski definition) is 2. The molecule has 1 aliphatic rings. The monoisotopic (exact) mass is 493 g/mol. The Morgan fingerprint density at radius 2 is 1.86 bits per heavy atom. The SMILES string of the molecule is Cc1ccc(NC(=O)COc2ccc(/C=C3/NC(=O)N(Cc4ccccc4F)C3=O)cc2Cl)cc1. The Morgan fingerprint density at radius 3 is 2.57 bits per heavy atom. The Labute approximate surface area is 206 Å². The van der Waals surface area contributed by atoms with Gasteiger partial charge in [0.25, 0.3) is 11.8 Å². The molecule has 0 spiro atoms. The molecule has 7 nitrogen and oxygen atoms in total. The average Bonchev–Trinajstić information content (AvgIpc) is 3.08. The van der Waals surface area contributed by atoms with E-state index in [1.165, 1.54) is 24.3 Å². The Kier molecular flexibility index (Phi) is 7.12. The molecule has 4 rings (SSSR count). The number of benzene rings is 3. The van der Waals surface area contributed by atoms with Crippen molar-refractivity contribution in [3.05, 3.63) is 100.0 Å². The minimum atomic E-state index is -0.643. The molecule has 0 radical (unpaired) electrons. The lowest BCUT2D eigenvalue weighted by Crippen LogP contribution is -2.30. The fourth-order valence-corrected chi connectivity index (χ4v) is 3.62. The smallest absolute Gasteiger partial charge is 0.329 e. The molecular weight excluding hydrogens is 473 g/mol. The van der Waals surface area contributed by atoms with E-state index in [2.05, 4.69) is 10.6 Å². The van der Waals surface area contributed by atoms with E-state index in [1.807, 2.05) is 19.1 Å². The molecule has 1 fully saturated rings. The molecule has 3 aromatic rings. The molecule has 1 aliphatic heterocycles. The summed E-state index contributed by atoms with van der Waals surface area (Å²) in [6, 6.07) is 17.4. The summed E-state index contributed by atoms with van der Waals surface area (Å²) < 4.78 is 19.4. The van der Waals surface area contributed by atoms with E-state index in [1.54, 1.807) is 36.4 Å². The number of carbonyl (C=O) groups excluding carboxylic acids is 3. The van der Waals surface area contributed by atoms with Gasteiger partial charge in [-0.1, -0.05) is 53.6 Å². The molecule has 2 N–H and O–H groups in total. The average molecular weight is 494 g/mol. The third-order valence-electron chi connectivity index (χ3n) is 5.21. The van der Waals surface area contributed by atoms with Crippen LogP contribution in [0.2, 0.25) is 5.02 Å². The van der Waals surface area contributed by atoms with Gasteiger partial charge in [0, 0.05) is 11.3 Å². The van der Waals surface area contributed by atoms with E-state index in [0.29, 0.717) is 11.3 Å². The van der Waals surface area contributed by atoms with Crippen LogP contribution in [0.4, 0.5) is 14.9 Å². The molecular formula is C26H21ClFN3O4. The van der Waals surface area contributed by atoms with Crippen LogP contribution >= 0.6 is 11.6 Å². The largest absolute Gasteiger partial charge is 0.482 e. The number of carbonyl (C=O) groups is 3. The number of aryl methyl sites for hydroxylation is 1. The highest BCUT2D eigenvalue weighted by Crippen LogP contribution is 2.27. The summed E-state index contributed by atoms with van der Waals surface area (Å²) in [7, 11) is 0. The number of anilines is 1. The van der Waals surface area contributed by atoms with E-state index in [9.17, 15) is 18.8 Å². The molecule has 0 atom stereocenters. The predicted molar refractivity (Wildman–Crippen MR) is 130 cm³/mol. The summed E-state index contributed by atoms with van der Waals surface area (Å²) in [6.45, 7) is 1.52. The van der Waals surface area contributed by atoms with Gasteiger partial charge >= 0.3 is 6.03 Å². The quantitative estimate of drug-likeness (QED) is 0.362. The second kappa shape index (κ2) is 10.4. The maximum Gasteiger partial charge on any atom is 0.329 e. The number of nitrogens with zero attached hydrogens (tertiary/aromatic N) is 1. The van der Waals surface area contributed by atoms with Gasteiger partial charge in [-0.3, -0.25) is 14.5 Å². The number of imide groups is 1.